The van der Waals surface area contributed by atoms with E-state index in [1.807, 2.05) is 6.92 Å². The lowest BCUT2D eigenvalue weighted by atomic mass is 10.2. The molecule has 0 aliphatic heterocycles. The maximum Gasteiger partial charge on any atom is 0.200 e. The number of benzene rings is 1. The fraction of sp³-hybridized carbons (Fsp3) is 0.417. The maximum absolute atomic E-state index is 13.2. The van der Waals surface area contributed by atoms with Crippen molar-refractivity contribution in [3.8, 4) is 0 Å². The second-order valence-corrected chi connectivity index (χ2v) is 3.75. The molecule has 0 amide bonds. The Balaban J connectivity index is 2.77. The highest BCUT2D eigenvalue weighted by Crippen LogP contribution is 2.23. The average molecular weight is 281 g/mol. The second kappa shape index (κ2) is 7.06. The van der Waals surface area contributed by atoms with Gasteiger partial charge in [-0.05, 0) is 12.8 Å². The lowest BCUT2D eigenvalue weighted by Gasteiger charge is -2.06. The van der Waals surface area contributed by atoms with E-state index in [4.69, 9.17) is 0 Å². The largest absolute Gasteiger partial charge is 0.391 e. The van der Waals surface area contributed by atoms with Gasteiger partial charge in [0.05, 0.1) is 5.56 Å². The summed E-state index contributed by atoms with van der Waals surface area (Å²) in [5, 5.41) is 3.37. The van der Waals surface area contributed by atoms with Crippen molar-refractivity contribution in [2.45, 2.75) is 32.8 Å². The fourth-order valence-corrected chi connectivity index (χ4v) is 1.28. The zero-order valence-electron chi connectivity index (χ0n) is 10.2. The molecule has 0 N–H and O–H groups in total. The van der Waals surface area contributed by atoms with Gasteiger partial charge >= 0.3 is 0 Å². The van der Waals surface area contributed by atoms with Crippen LogP contribution >= 0.6 is 0 Å². The van der Waals surface area contributed by atoms with Crippen molar-refractivity contribution in [3.05, 3.63) is 34.6 Å². The second-order valence-electron chi connectivity index (χ2n) is 3.75. The summed E-state index contributed by atoms with van der Waals surface area (Å²) < 4.78 is 64.7. The monoisotopic (exact) mass is 281 g/mol. The maximum atomic E-state index is 13.2. The zero-order chi connectivity index (χ0) is 14.4. The summed E-state index contributed by atoms with van der Waals surface area (Å²) in [6.45, 7) is 1.14. The molecular formula is C12H12F5NO. The first-order valence-electron chi connectivity index (χ1n) is 5.64. The highest BCUT2D eigenvalue weighted by Gasteiger charge is 2.25. The first-order valence-corrected chi connectivity index (χ1v) is 5.64. The van der Waals surface area contributed by atoms with Gasteiger partial charge < -0.3 is 4.84 Å². The van der Waals surface area contributed by atoms with Crippen LogP contribution < -0.4 is 0 Å². The van der Waals surface area contributed by atoms with E-state index in [2.05, 4.69) is 9.99 Å². The third-order valence-electron chi connectivity index (χ3n) is 2.35. The Bertz CT molecular complexity index is 447. The molecule has 0 radical (unpaired) electrons. The highest BCUT2D eigenvalue weighted by atomic mass is 19.2. The summed E-state index contributed by atoms with van der Waals surface area (Å²) in [6.07, 6.45) is 3.77. The molecule has 0 bridgehead atoms. The lowest BCUT2D eigenvalue weighted by Crippen LogP contribution is -2.07. The van der Waals surface area contributed by atoms with Crippen LogP contribution in [0.5, 0.6) is 0 Å². The van der Waals surface area contributed by atoms with Gasteiger partial charge in [-0.3, -0.25) is 0 Å². The molecule has 0 aromatic heterocycles. The Hall–Kier alpha value is -1.66. The van der Waals surface area contributed by atoms with Crippen molar-refractivity contribution in [1.82, 2.24) is 0 Å². The van der Waals surface area contributed by atoms with Crippen molar-refractivity contribution >= 4 is 6.21 Å². The molecule has 0 heterocycles. The summed E-state index contributed by atoms with van der Waals surface area (Å²) in [5.41, 5.74) is -1.04. The van der Waals surface area contributed by atoms with Gasteiger partial charge in [-0.1, -0.05) is 18.5 Å². The first kappa shape index (κ1) is 15.4. The number of hydrogen-bond donors (Lipinski definition) is 0. The third-order valence-corrected chi connectivity index (χ3v) is 2.35. The van der Waals surface area contributed by atoms with Crippen molar-refractivity contribution in [3.63, 3.8) is 0 Å². The van der Waals surface area contributed by atoms with Gasteiger partial charge in [-0.25, -0.2) is 22.0 Å². The predicted octanol–water partition coefficient (Wildman–Crippen LogP) is 4.07. The van der Waals surface area contributed by atoms with Gasteiger partial charge in [0, 0.05) is 6.21 Å². The third kappa shape index (κ3) is 3.65. The van der Waals surface area contributed by atoms with E-state index in [0.717, 1.165) is 12.8 Å². The first-order chi connectivity index (χ1) is 9.00. The van der Waals surface area contributed by atoms with E-state index in [1.54, 1.807) is 0 Å². The minimum atomic E-state index is -2.19. The standard InChI is InChI=1S/C12H12F5NO/c1-2-3-4-5-18-19-6-7-8(13)10(15)12(17)11(16)9(7)14/h5H,2-4,6H2,1H3/b18-5+. The molecule has 1 aromatic carbocycles. The van der Waals surface area contributed by atoms with E-state index < -0.39 is 41.3 Å². The normalized spacial score (nSPS) is 11.3. The molecule has 7 heteroatoms. The molecule has 106 valence electrons. The summed E-state index contributed by atoms with van der Waals surface area (Å²) in [7, 11) is 0. The van der Waals surface area contributed by atoms with Crippen LogP contribution in [-0.2, 0) is 11.4 Å². The molecule has 0 spiro atoms. The molecule has 0 unspecified atom stereocenters. The van der Waals surface area contributed by atoms with E-state index in [-0.39, 0.29) is 0 Å². The van der Waals surface area contributed by atoms with Crippen molar-refractivity contribution in [2.24, 2.45) is 5.16 Å². The van der Waals surface area contributed by atoms with Crippen LogP contribution in [0, 0.1) is 29.1 Å². The Morgan fingerprint density at radius 2 is 1.47 bits per heavy atom. The Morgan fingerprint density at radius 3 is 2.00 bits per heavy atom. The molecule has 1 aromatic rings. The van der Waals surface area contributed by atoms with E-state index in [1.165, 1.54) is 6.21 Å². The molecule has 0 atom stereocenters. The van der Waals surface area contributed by atoms with Crippen LogP contribution in [0.1, 0.15) is 31.7 Å². The van der Waals surface area contributed by atoms with Crippen LogP contribution in [0.2, 0.25) is 0 Å². The topological polar surface area (TPSA) is 21.6 Å². The molecule has 0 aliphatic carbocycles. The minimum absolute atomic E-state index is 0.605. The molecule has 0 saturated heterocycles. The molecule has 19 heavy (non-hydrogen) atoms. The van der Waals surface area contributed by atoms with Gasteiger partial charge in [-0.15, -0.1) is 0 Å². The van der Waals surface area contributed by atoms with Gasteiger partial charge in [-0.2, -0.15) is 0 Å². The number of rotatable bonds is 6. The molecule has 2 nitrogen and oxygen atoms in total. The SMILES string of the molecule is CCCC/C=N/OCc1c(F)c(F)c(F)c(F)c1F. The van der Waals surface area contributed by atoms with E-state index in [9.17, 15) is 22.0 Å². The number of unbranched alkanes of at least 4 members (excludes halogenated alkanes) is 2. The summed E-state index contributed by atoms with van der Waals surface area (Å²) in [6, 6.07) is 0. The predicted molar refractivity (Wildman–Crippen MR) is 59.0 cm³/mol. The summed E-state index contributed by atoms with van der Waals surface area (Å²) >= 11 is 0. The van der Waals surface area contributed by atoms with E-state index in [0.29, 0.717) is 6.42 Å². The molecular weight excluding hydrogens is 269 g/mol. The lowest BCUT2D eigenvalue weighted by molar-refractivity contribution is 0.124. The molecule has 0 saturated carbocycles. The zero-order valence-corrected chi connectivity index (χ0v) is 10.2. The van der Waals surface area contributed by atoms with Crippen molar-refractivity contribution < 1.29 is 26.8 Å². The van der Waals surface area contributed by atoms with Crippen LogP contribution in [0.15, 0.2) is 5.16 Å². The average Bonchev–Trinajstić information content (AvgIpc) is 2.41. The van der Waals surface area contributed by atoms with Gasteiger partial charge in [0.15, 0.2) is 23.3 Å². The minimum Gasteiger partial charge on any atom is -0.391 e. The number of nitrogens with zero attached hydrogens (tertiary/aromatic N) is 1. The van der Waals surface area contributed by atoms with Crippen LogP contribution in [0.3, 0.4) is 0 Å². The number of oxime groups is 1. The molecule has 1 rings (SSSR count). The van der Waals surface area contributed by atoms with E-state index >= 15 is 0 Å². The van der Waals surface area contributed by atoms with Crippen LogP contribution in [0.4, 0.5) is 22.0 Å². The smallest absolute Gasteiger partial charge is 0.200 e. The van der Waals surface area contributed by atoms with Crippen LogP contribution in [0.25, 0.3) is 0 Å². The quantitative estimate of drug-likeness (QED) is 0.192. The Morgan fingerprint density at radius 1 is 0.947 bits per heavy atom. The summed E-state index contributed by atoms with van der Waals surface area (Å²) in [5.74, 6) is -9.98. The van der Waals surface area contributed by atoms with Crippen molar-refractivity contribution in [2.75, 3.05) is 0 Å². The highest BCUT2D eigenvalue weighted by molar-refractivity contribution is 5.56. The van der Waals surface area contributed by atoms with Crippen LogP contribution in [-0.4, -0.2) is 6.21 Å². The molecule has 0 fully saturated rings. The van der Waals surface area contributed by atoms with Gasteiger partial charge in [0.1, 0.15) is 6.61 Å². The fourth-order valence-electron chi connectivity index (χ4n) is 1.28. The molecule has 0 aliphatic rings. The Labute approximate surface area is 106 Å². The van der Waals surface area contributed by atoms with Gasteiger partial charge in [0.2, 0.25) is 5.82 Å². The number of hydrogen-bond acceptors (Lipinski definition) is 2. The van der Waals surface area contributed by atoms with Crippen molar-refractivity contribution in [1.29, 1.82) is 0 Å². The summed E-state index contributed by atoms with van der Waals surface area (Å²) in [4.78, 5) is 4.51. The Kier molecular flexibility index (Phi) is 5.72. The number of halogens is 5. The van der Waals surface area contributed by atoms with Gasteiger partial charge in [0.25, 0.3) is 0 Å².